The van der Waals surface area contributed by atoms with Crippen LogP contribution in [0.25, 0.3) is 0 Å². The lowest BCUT2D eigenvalue weighted by Crippen LogP contribution is -2.18. The van der Waals surface area contributed by atoms with Crippen molar-refractivity contribution in [2.45, 2.75) is 117 Å². The number of carbonyl (C=O) groups is 1. The van der Waals surface area contributed by atoms with Crippen molar-refractivity contribution in [1.82, 2.24) is 0 Å². The Labute approximate surface area is 144 Å². The van der Waals surface area contributed by atoms with Crippen LogP contribution in [0.4, 0.5) is 0 Å². The monoisotopic (exact) mass is 330 g/mol. The van der Waals surface area contributed by atoms with E-state index in [0.29, 0.717) is 0 Å². The molecule has 0 aliphatic heterocycles. The smallest absolute Gasteiger partial charge is 0.227 e. The fourth-order valence-electron chi connectivity index (χ4n) is 2.86. The zero-order chi connectivity index (χ0) is 16.7. The number of hydrogen-bond acceptors (Lipinski definition) is 1. The summed E-state index contributed by atoms with van der Waals surface area (Å²) >= 11 is 5.59. The lowest BCUT2D eigenvalue weighted by atomic mass is 9.88. The standard InChI is InChI=1S/C20H39ClO/c1-4-5-6-7-8-9-10-11-12-13-14-15-16-17-18-20(2,3)19(21)22/h4-18H2,1-3H3. The van der Waals surface area contributed by atoms with Crippen molar-refractivity contribution in [3.63, 3.8) is 0 Å². The normalized spacial score (nSPS) is 11.8. The van der Waals surface area contributed by atoms with Gasteiger partial charge in [-0.3, -0.25) is 4.79 Å². The van der Waals surface area contributed by atoms with Gasteiger partial charge in [-0.1, -0.05) is 111 Å². The summed E-state index contributed by atoms with van der Waals surface area (Å²) in [5, 5.41) is -0.192. The minimum Gasteiger partial charge on any atom is -0.281 e. The van der Waals surface area contributed by atoms with Crippen molar-refractivity contribution < 1.29 is 4.79 Å². The highest BCUT2D eigenvalue weighted by atomic mass is 35.5. The maximum Gasteiger partial charge on any atom is 0.227 e. The van der Waals surface area contributed by atoms with Crippen molar-refractivity contribution in [3.8, 4) is 0 Å². The van der Waals surface area contributed by atoms with Gasteiger partial charge in [0, 0.05) is 5.41 Å². The molecule has 2 heteroatoms. The van der Waals surface area contributed by atoms with Gasteiger partial charge in [0.15, 0.2) is 0 Å². The second kappa shape index (κ2) is 14.5. The summed E-state index contributed by atoms with van der Waals surface area (Å²) in [4.78, 5) is 11.2. The lowest BCUT2D eigenvalue weighted by molar-refractivity contribution is -0.119. The predicted octanol–water partition coefficient (Wildman–Crippen LogP) is 7.65. The van der Waals surface area contributed by atoms with Gasteiger partial charge in [-0.05, 0) is 18.0 Å². The van der Waals surface area contributed by atoms with Crippen molar-refractivity contribution in [2.75, 3.05) is 0 Å². The van der Waals surface area contributed by atoms with Crippen LogP contribution in [0.15, 0.2) is 0 Å². The van der Waals surface area contributed by atoms with Crippen LogP contribution in [0.3, 0.4) is 0 Å². The lowest BCUT2D eigenvalue weighted by Gasteiger charge is -2.18. The van der Waals surface area contributed by atoms with E-state index in [2.05, 4.69) is 6.92 Å². The fourth-order valence-corrected chi connectivity index (χ4v) is 2.95. The molecule has 132 valence electrons. The summed E-state index contributed by atoms with van der Waals surface area (Å²) in [6.45, 7) is 6.17. The molecule has 0 aliphatic rings. The third kappa shape index (κ3) is 13.6. The first-order valence-corrected chi connectivity index (χ1v) is 10.1. The molecule has 0 aromatic carbocycles. The summed E-state index contributed by atoms with van der Waals surface area (Å²) in [5.41, 5.74) is -0.335. The molecule has 0 spiro atoms. The van der Waals surface area contributed by atoms with Crippen LogP contribution in [-0.2, 0) is 4.79 Å². The number of halogens is 1. The highest BCUT2D eigenvalue weighted by Gasteiger charge is 2.24. The second-order valence-electron chi connectivity index (χ2n) is 7.50. The van der Waals surface area contributed by atoms with Gasteiger partial charge in [-0.25, -0.2) is 0 Å². The highest BCUT2D eigenvalue weighted by molar-refractivity contribution is 6.64. The molecule has 0 fully saturated rings. The van der Waals surface area contributed by atoms with Crippen LogP contribution >= 0.6 is 11.6 Å². The van der Waals surface area contributed by atoms with Gasteiger partial charge < -0.3 is 0 Å². The molecule has 0 saturated carbocycles. The molecule has 0 rings (SSSR count). The van der Waals surface area contributed by atoms with E-state index in [1.165, 1.54) is 83.5 Å². The van der Waals surface area contributed by atoms with Crippen LogP contribution in [0.2, 0.25) is 0 Å². The molecule has 0 heterocycles. The SMILES string of the molecule is CCCCCCCCCCCCCCCCC(C)(C)C(=O)Cl. The average Bonchev–Trinajstić information content (AvgIpc) is 2.47. The Hall–Kier alpha value is -0.0400. The van der Waals surface area contributed by atoms with Crippen molar-refractivity contribution in [3.05, 3.63) is 0 Å². The zero-order valence-corrected chi connectivity index (χ0v) is 16.1. The van der Waals surface area contributed by atoms with Gasteiger partial charge in [0.05, 0.1) is 0 Å². The zero-order valence-electron chi connectivity index (χ0n) is 15.4. The molecule has 0 saturated heterocycles. The number of hydrogen-bond donors (Lipinski definition) is 0. The van der Waals surface area contributed by atoms with Crippen molar-refractivity contribution in [1.29, 1.82) is 0 Å². The Kier molecular flexibility index (Phi) is 14.5. The third-order valence-electron chi connectivity index (χ3n) is 4.69. The summed E-state index contributed by atoms with van der Waals surface area (Å²) in [6.07, 6.45) is 20.1. The minimum absolute atomic E-state index is 0.192. The molecule has 0 aromatic heterocycles. The first-order valence-electron chi connectivity index (χ1n) is 9.70. The molecule has 0 aliphatic carbocycles. The Bertz CT molecular complexity index is 260. The molecule has 0 unspecified atom stereocenters. The molecule has 1 nitrogen and oxygen atoms in total. The topological polar surface area (TPSA) is 17.1 Å². The maximum absolute atomic E-state index is 11.2. The Morgan fingerprint density at radius 1 is 0.682 bits per heavy atom. The Balaban J connectivity index is 3.16. The van der Waals surface area contributed by atoms with Crippen molar-refractivity contribution >= 4 is 16.8 Å². The summed E-state index contributed by atoms with van der Waals surface area (Å²) in [7, 11) is 0. The summed E-state index contributed by atoms with van der Waals surface area (Å²) in [6, 6.07) is 0. The predicted molar refractivity (Wildman–Crippen MR) is 99.6 cm³/mol. The van der Waals surface area contributed by atoms with Gasteiger partial charge in [-0.2, -0.15) is 0 Å². The van der Waals surface area contributed by atoms with Crippen molar-refractivity contribution in [2.24, 2.45) is 5.41 Å². The van der Waals surface area contributed by atoms with E-state index >= 15 is 0 Å². The summed E-state index contributed by atoms with van der Waals surface area (Å²) in [5.74, 6) is 0. The Morgan fingerprint density at radius 3 is 1.32 bits per heavy atom. The van der Waals surface area contributed by atoms with Crippen LogP contribution in [0.1, 0.15) is 117 Å². The fraction of sp³-hybridized carbons (Fsp3) is 0.950. The largest absolute Gasteiger partial charge is 0.281 e. The molecule has 0 aromatic rings. The maximum atomic E-state index is 11.2. The van der Waals surface area contributed by atoms with Gasteiger partial charge >= 0.3 is 0 Å². The molecule has 0 atom stereocenters. The van der Waals surface area contributed by atoms with Crippen LogP contribution in [0, 0.1) is 5.41 Å². The quantitative estimate of drug-likeness (QED) is 0.210. The van der Waals surface area contributed by atoms with Crippen LogP contribution < -0.4 is 0 Å². The number of rotatable bonds is 16. The number of unbranched alkanes of at least 4 members (excludes halogenated alkanes) is 13. The molecular weight excluding hydrogens is 292 g/mol. The highest BCUT2D eigenvalue weighted by Crippen LogP contribution is 2.26. The second-order valence-corrected chi connectivity index (χ2v) is 7.85. The van der Waals surface area contributed by atoms with E-state index in [9.17, 15) is 4.79 Å². The molecule has 0 N–H and O–H groups in total. The molecule has 0 radical (unpaired) electrons. The molecule has 0 amide bonds. The van der Waals surface area contributed by atoms with E-state index in [0.717, 1.165) is 12.8 Å². The van der Waals surface area contributed by atoms with Gasteiger partial charge in [0.25, 0.3) is 0 Å². The summed E-state index contributed by atoms with van der Waals surface area (Å²) < 4.78 is 0. The first kappa shape index (κ1) is 22.0. The van der Waals surface area contributed by atoms with E-state index < -0.39 is 0 Å². The van der Waals surface area contributed by atoms with Gasteiger partial charge in [0.1, 0.15) is 0 Å². The molecular formula is C20H39ClO. The Morgan fingerprint density at radius 2 is 1.00 bits per heavy atom. The molecule has 0 bridgehead atoms. The van der Waals surface area contributed by atoms with E-state index in [-0.39, 0.29) is 10.7 Å². The first-order chi connectivity index (χ1) is 10.5. The minimum atomic E-state index is -0.335. The third-order valence-corrected chi connectivity index (χ3v) is 5.20. The van der Waals surface area contributed by atoms with Gasteiger partial charge in [-0.15, -0.1) is 0 Å². The van der Waals surface area contributed by atoms with E-state index in [1.54, 1.807) is 0 Å². The average molecular weight is 331 g/mol. The van der Waals surface area contributed by atoms with Crippen LogP contribution in [0.5, 0.6) is 0 Å². The van der Waals surface area contributed by atoms with E-state index in [1.807, 2.05) is 13.8 Å². The van der Waals surface area contributed by atoms with Gasteiger partial charge in [0.2, 0.25) is 5.24 Å². The molecule has 22 heavy (non-hydrogen) atoms. The number of carbonyl (C=O) groups excluding carboxylic acids is 1. The van der Waals surface area contributed by atoms with E-state index in [4.69, 9.17) is 11.6 Å². The van der Waals surface area contributed by atoms with Crippen LogP contribution in [-0.4, -0.2) is 5.24 Å².